The normalized spacial score (nSPS) is 27.2. The summed E-state index contributed by atoms with van der Waals surface area (Å²) in [6.45, 7) is -0.0178. The van der Waals surface area contributed by atoms with Crippen LogP contribution in [0.25, 0.3) is 5.57 Å². The maximum absolute atomic E-state index is 13.1. The van der Waals surface area contributed by atoms with Crippen molar-refractivity contribution >= 4 is 17.3 Å². The van der Waals surface area contributed by atoms with E-state index in [1.54, 1.807) is 12.1 Å². The maximum atomic E-state index is 13.1. The van der Waals surface area contributed by atoms with Crippen molar-refractivity contribution in [3.05, 3.63) is 53.3 Å². The molecule has 2 aliphatic carbocycles. The lowest BCUT2D eigenvalue weighted by molar-refractivity contribution is -0.186. The van der Waals surface area contributed by atoms with Gasteiger partial charge in [0.1, 0.15) is 0 Å². The standard InChI is InChI=1S/C19H16F3NO3/c1-26-15-10-18-6-7-23(17(25)19(20,21)22)16(18)8-11-4-2-3-5-12(11)13(18)9-14(15)24/h2-5,9-10,16H,6-8H2,1H3/t16-,18-/m1/s1. The molecule has 4 nitrogen and oxygen atoms in total. The molecule has 0 saturated carbocycles. The summed E-state index contributed by atoms with van der Waals surface area (Å²) >= 11 is 0. The first-order valence-corrected chi connectivity index (χ1v) is 8.27. The maximum Gasteiger partial charge on any atom is 0.471 e. The molecule has 7 heteroatoms. The highest BCUT2D eigenvalue weighted by Gasteiger charge is 2.58. The number of ether oxygens (including phenoxy) is 1. The molecule has 1 fully saturated rings. The Hall–Kier alpha value is -2.57. The van der Waals surface area contributed by atoms with Gasteiger partial charge in [-0.25, -0.2) is 0 Å². The summed E-state index contributed by atoms with van der Waals surface area (Å²) in [6, 6.07) is 6.64. The number of fused-ring (bicyclic) bond motifs is 2. The van der Waals surface area contributed by atoms with E-state index in [-0.39, 0.29) is 18.1 Å². The summed E-state index contributed by atoms with van der Waals surface area (Å²) in [5.41, 5.74) is 1.52. The van der Waals surface area contributed by atoms with Crippen molar-refractivity contribution in [1.29, 1.82) is 0 Å². The lowest BCUT2D eigenvalue weighted by Gasteiger charge is -2.44. The molecule has 1 aromatic carbocycles. The number of amides is 1. The van der Waals surface area contributed by atoms with Crippen LogP contribution < -0.4 is 0 Å². The third-order valence-corrected chi connectivity index (χ3v) is 5.59. The first kappa shape index (κ1) is 16.9. The summed E-state index contributed by atoms with van der Waals surface area (Å²) in [7, 11) is 1.36. The molecular weight excluding hydrogens is 347 g/mol. The number of ketones is 1. The molecular formula is C19H16F3NO3. The highest BCUT2D eigenvalue weighted by Crippen LogP contribution is 2.56. The number of hydrogen-bond acceptors (Lipinski definition) is 3. The molecule has 4 rings (SSSR count). The summed E-state index contributed by atoms with van der Waals surface area (Å²) in [5.74, 6) is -2.04. The molecule has 0 radical (unpaired) electrons. The monoisotopic (exact) mass is 363 g/mol. The van der Waals surface area contributed by atoms with Crippen LogP contribution in [0.3, 0.4) is 0 Å². The van der Waals surface area contributed by atoms with E-state index in [9.17, 15) is 22.8 Å². The van der Waals surface area contributed by atoms with Gasteiger partial charge < -0.3 is 9.64 Å². The minimum absolute atomic E-state index is 0.0178. The third kappa shape index (κ3) is 2.22. The molecule has 0 unspecified atom stereocenters. The molecule has 136 valence electrons. The van der Waals surface area contributed by atoms with Crippen LogP contribution in [0.15, 0.2) is 42.2 Å². The largest absolute Gasteiger partial charge is 0.493 e. The Balaban J connectivity index is 1.89. The van der Waals surface area contributed by atoms with E-state index >= 15 is 0 Å². The number of likely N-dealkylation sites (tertiary alicyclic amines) is 1. The van der Waals surface area contributed by atoms with Gasteiger partial charge in [0.15, 0.2) is 5.76 Å². The fraction of sp³-hybridized carbons (Fsp3) is 0.368. The lowest BCUT2D eigenvalue weighted by atomic mass is 9.62. The number of methoxy groups -OCH3 is 1. The number of carbonyl (C=O) groups excluding carboxylic acids is 2. The van der Waals surface area contributed by atoms with Gasteiger partial charge in [0.25, 0.3) is 0 Å². The van der Waals surface area contributed by atoms with E-state index in [1.165, 1.54) is 13.2 Å². The molecule has 1 aromatic rings. The average Bonchev–Trinajstić information content (AvgIpc) is 2.96. The van der Waals surface area contributed by atoms with E-state index in [0.717, 1.165) is 16.0 Å². The molecule has 26 heavy (non-hydrogen) atoms. The molecule has 3 aliphatic rings. The van der Waals surface area contributed by atoms with Crippen LogP contribution >= 0.6 is 0 Å². The summed E-state index contributed by atoms with van der Waals surface area (Å²) in [6.07, 6.45) is -1.23. The number of alkyl halides is 3. The van der Waals surface area contributed by atoms with E-state index in [2.05, 4.69) is 0 Å². The zero-order valence-electron chi connectivity index (χ0n) is 14.0. The average molecular weight is 363 g/mol. The highest BCUT2D eigenvalue weighted by molar-refractivity contribution is 6.10. The first-order valence-electron chi connectivity index (χ1n) is 8.27. The van der Waals surface area contributed by atoms with Gasteiger partial charge in [-0.3, -0.25) is 9.59 Å². The van der Waals surface area contributed by atoms with Gasteiger partial charge in [-0.1, -0.05) is 24.3 Å². The van der Waals surface area contributed by atoms with Crippen molar-refractivity contribution in [2.45, 2.75) is 25.1 Å². The van der Waals surface area contributed by atoms with Gasteiger partial charge in [-0.2, -0.15) is 13.2 Å². The number of hydrogen-bond donors (Lipinski definition) is 0. The number of halogens is 3. The fourth-order valence-corrected chi connectivity index (χ4v) is 4.46. The van der Waals surface area contributed by atoms with Crippen LogP contribution in [0.2, 0.25) is 0 Å². The molecule has 1 heterocycles. The van der Waals surface area contributed by atoms with Crippen LogP contribution in [-0.4, -0.2) is 42.5 Å². The van der Waals surface area contributed by atoms with Crippen molar-refractivity contribution in [1.82, 2.24) is 4.90 Å². The Morgan fingerprint density at radius 3 is 2.73 bits per heavy atom. The zero-order chi connectivity index (χ0) is 18.7. The van der Waals surface area contributed by atoms with Gasteiger partial charge in [-0.15, -0.1) is 0 Å². The topological polar surface area (TPSA) is 46.6 Å². The summed E-state index contributed by atoms with van der Waals surface area (Å²) in [4.78, 5) is 25.2. The van der Waals surface area contributed by atoms with Crippen LogP contribution in [-0.2, 0) is 20.7 Å². The Morgan fingerprint density at radius 1 is 1.31 bits per heavy atom. The number of rotatable bonds is 1. The SMILES string of the molecule is COC1=C[C@@]23CCN(C(=O)C(F)(F)F)[C@@H]2Cc2ccccc2C3=CC1=O. The molecule has 0 aromatic heterocycles. The molecule has 1 amide bonds. The summed E-state index contributed by atoms with van der Waals surface area (Å²) in [5, 5.41) is 0. The second-order valence-electron chi connectivity index (χ2n) is 6.80. The van der Waals surface area contributed by atoms with Crippen LogP contribution in [0.5, 0.6) is 0 Å². The predicted molar refractivity (Wildman–Crippen MR) is 86.8 cm³/mol. The Kier molecular flexibility index (Phi) is 3.54. The van der Waals surface area contributed by atoms with Crippen molar-refractivity contribution in [3.63, 3.8) is 0 Å². The van der Waals surface area contributed by atoms with Crippen molar-refractivity contribution in [2.24, 2.45) is 5.41 Å². The Morgan fingerprint density at radius 2 is 2.04 bits per heavy atom. The smallest absolute Gasteiger partial charge is 0.471 e. The minimum atomic E-state index is -4.93. The van der Waals surface area contributed by atoms with Gasteiger partial charge in [-0.05, 0) is 41.7 Å². The van der Waals surface area contributed by atoms with Crippen molar-refractivity contribution < 1.29 is 27.5 Å². The summed E-state index contributed by atoms with van der Waals surface area (Å²) < 4.78 is 44.4. The van der Waals surface area contributed by atoms with Gasteiger partial charge in [0.05, 0.1) is 7.11 Å². The number of benzene rings is 1. The predicted octanol–water partition coefficient (Wildman–Crippen LogP) is 2.89. The van der Waals surface area contributed by atoms with E-state index in [0.29, 0.717) is 18.4 Å². The second kappa shape index (κ2) is 5.46. The minimum Gasteiger partial charge on any atom is -0.493 e. The van der Waals surface area contributed by atoms with Gasteiger partial charge in [0, 0.05) is 18.0 Å². The number of allylic oxidation sites excluding steroid dienone is 1. The molecule has 0 bridgehead atoms. The van der Waals surface area contributed by atoms with Crippen LogP contribution in [0, 0.1) is 5.41 Å². The third-order valence-electron chi connectivity index (χ3n) is 5.59. The van der Waals surface area contributed by atoms with E-state index < -0.39 is 23.5 Å². The quantitative estimate of drug-likeness (QED) is 0.771. The molecule has 0 N–H and O–H groups in total. The second-order valence-corrected chi connectivity index (χ2v) is 6.80. The highest BCUT2D eigenvalue weighted by atomic mass is 19.4. The van der Waals surface area contributed by atoms with E-state index in [1.807, 2.05) is 18.2 Å². The van der Waals surface area contributed by atoms with Crippen molar-refractivity contribution in [2.75, 3.05) is 13.7 Å². The zero-order valence-corrected chi connectivity index (χ0v) is 14.0. The van der Waals surface area contributed by atoms with Gasteiger partial charge >= 0.3 is 12.1 Å². The molecule has 1 aliphatic heterocycles. The number of carbonyl (C=O) groups is 2. The molecule has 1 saturated heterocycles. The number of nitrogens with zero attached hydrogens (tertiary/aromatic N) is 1. The molecule has 2 atom stereocenters. The van der Waals surface area contributed by atoms with Crippen molar-refractivity contribution in [3.8, 4) is 0 Å². The lowest BCUT2D eigenvalue weighted by Crippen LogP contribution is -2.51. The van der Waals surface area contributed by atoms with Crippen LogP contribution in [0.1, 0.15) is 17.5 Å². The molecule has 1 spiro atoms. The fourth-order valence-electron chi connectivity index (χ4n) is 4.46. The Labute approximate surface area is 147 Å². The first-order chi connectivity index (χ1) is 12.3. The van der Waals surface area contributed by atoms with E-state index in [4.69, 9.17) is 4.74 Å². The van der Waals surface area contributed by atoms with Crippen LogP contribution in [0.4, 0.5) is 13.2 Å². The Bertz CT molecular complexity index is 871. The van der Waals surface area contributed by atoms with Gasteiger partial charge in [0.2, 0.25) is 5.78 Å².